The van der Waals surface area contributed by atoms with Crippen molar-refractivity contribution >= 4 is 34.1 Å². The van der Waals surface area contributed by atoms with Gasteiger partial charge in [-0.2, -0.15) is 0 Å². The summed E-state index contributed by atoms with van der Waals surface area (Å²) >= 11 is 1.44. The van der Waals surface area contributed by atoms with Gasteiger partial charge in [0.05, 0.1) is 5.56 Å². The molecular formula is C18H26N2O4S. The van der Waals surface area contributed by atoms with E-state index in [0.717, 1.165) is 49.0 Å². The molecule has 0 spiro atoms. The number of aryl methyl sites for hydroxylation is 1. The van der Waals surface area contributed by atoms with Crippen molar-refractivity contribution in [1.29, 1.82) is 0 Å². The third-order valence-electron chi connectivity index (χ3n) is 4.13. The van der Waals surface area contributed by atoms with E-state index in [0.29, 0.717) is 10.6 Å². The molecule has 1 aromatic heterocycles. The van der Waals surface area contributed by atoms with Crippen molar-refractivity contribution < 1.29 is 19.1 Å². The summed E-state index contributed by atoms with van der Waals surface area (Å²) in [6.07, 6.45) is 5.66. The third-order valence-corrected chi connectivity index (χ3v) is 5.34. The lowest BCUT2D eigenvalue weighted by Gasteiger charge is -2.14. The number of hydrogen-bond donors (Lipinski definition) is 2. The number of hydrogen-bond acceptors (Lipinski definition) is 5. The highest BCUT2D eigenvalue weighted by molar-refractivity contribution is 7.17. The Balaban J connectivity index is 2.06. The smallest absolute Gasteiger partial charge is 0.341 e. The minimum absolute atomic E-state index is 0.0556. The summed E-state index contributed by atoms with van der Waals surface area (Å²) in [5.41, 5.74) is 1.38. The van der Waals surface area contributed by atoms with Gasteiger partial charge in [-0.25, -0.2) is 4.79 Å². The number of thiophene rings is 1. The van der Waals surface area contributed by atoms with Gasteiger partial charge < -0.3 is 15.4 Å². The molecule has 7 heteroatoms. The van der Waals surface area contributed by atoms with E-state index in [1.807, 2.05) is 13.8 Å². The van der Waals surface area contributed by atoms with Crippen molar-refractivity contribution in [3.8, 4) is 0 Å². The van der Waals surface area contributed by atoms with E-state index in [9.17, 15) is 14.4 Å². The highest BCUT2D eigenvalue weighted by Crippen LogP contribution is 2.38. The van der Waals surface area contributed by atoms with E-state index in [1.165, 1.54) is 18.3 Å². The number of nitrogens with one attached hydrogen (secondary N) is 2. The number of anilines is 1. The largest absolute Gasteiger partial charge is 0.452 e. The molecule has 0 fully saturated rings. The summed E-state index contributed by atoms with van der Waals surface area (Å²) in [5, 5.41) is 6.07. The molecule has 0 aromatic carbocycles. The van der Waals surface area contributed by atoms with E-state index >= 15 is 0 Å². The number of carbonyl (C=O) groups is 3. The van der Waals surface area contributed by atoms with Gasteiger partial charge in [-0.3, -0.25) is 9.59 Å². The predicted octanol–water partition coefficient (Wildman–Crippen LogP) is 3.05. The van der Waals surface area contributed by atoms with Gasteiger partial charge in [0.15, 0.2) is 6.61 Å². The van der Waals surface area contributed by atoms with Crippen LogP contribution in [0.15, 0.2) is 0 Å². The molecule has 1 aliphatic rings. The number of rotatable bonds is 7. The highest BCUT2D eigenvalue weighted by Gasteiger charge is 2.27. The molecule has 6 nitrogen and oxygen atoms in total. The standard InChI is InChI=1S/C18H26N2O4S/c1-4-7-11(2)19-15(22)10-24-18(23)16-13-8-5-6-9-14(13)25-17(16)20-12(3)21/h11H,4-10H2,1-3H3,(H,19,22)(H,20,21). The molecule has 2 rings (SSSR count). The molecule has 138 valence electrons. The van der Waals surface area contributed by atoms with Gasteiger partial charge in [0.25, 0.3) is 5.91 Å². The zero-order chi connectivity index (χ0) is 18.4. The van der Waals surface area contributed by atoms with Crippen LogP contribution in [0, 0.1) is 0 Å². The van der Waals surface area contributed by atoms with Crippen molar-refractivity contribution in [2.75, 3.05) is 11.9 Å². The quantitative estimate of drug-likeness (QED) is 0.727. The molecule has 1 atom stereocenters. The van der Waals surface area contributed by atoms with Crippen LogP contribution in [0.3, 0.4) is 0 Å². The normalized spacial score (nSPS) is 14.4. The Morgan fingerprint density at radius 2 is 1.96 bits per heavy atom. The number of ether oxygens (including phenoxy) is 1. The second-order valence-corrected chi connectivity index (χ2v) is 7.53. The summed E-state index contributed by atoms with van der Waals surface area (Å²) < 4.78 is 5.22. The zero-order valence-electron chi connectivity index (χ0n) is 15.1. The van der Waals surface area contributed by atoms with Crippen molar-refractivity contribution in [3.05, 3.63) is 16.0 Å². The van der Waals surface area contributed by atoms with Gasteiger partial charge in [0, 0.05) is 17.8 Å². The highest BCUT2D eigenvalue weighted by atomic mass is 32.1. The average molecular weight is 366 g/mol. The molecule has 0 aliphatic heterocycles. The first-order valence-corrected chi connectivity index (χ1v) is 9.62. The Morgan fingerprint density at radius 1 is 1.24 bits per heavy atom. The molecule has 0 saturated heterocycles. The molecule has 0 bridgehead atoms. The molecular weight excluding hydrogens is 340 g/mol. The maximum Gasteiger partial charge on any atom is 0.341 e. The Labute approximate surface area is 152 Å². The molecule has 0 radical (unpaired) electrons. The molecule has 1 heterocycles. The lowest BCUT2D eigenvalue weighted by atomic mass is 9.95. The van der Waals surface area contributed by atoms with Crippen molar-refractivity contribution in [2.45, 2.75) is 65.3 Å². The van der Waals surface area contributed by atoms with Crippen LogP contribution >= 0.6 is 11.3 Å². The van der Waals surface area contributed by atoms with Crippen LogP contribution in [0.4, 0.5) is 5.00 Å². The number of esters is 1. The molecule has 1 aliphatic carbocycles. The van der Waals surface area contributed by atoms with E-state index in [-0.39, 0.29) is 24.5 Å². The minimum atomic E-state index is -0.540. The van der Waals surface area contributed by atoms with Crippen LogP contribution in [-0.4, -0.2) is 30.4 Å². The number of amides is 2. The van der Waals surface area contributed by atoms with E-state index in [1.54, 1.807) is 0 Å². The van der Waals surface area contributed by atoms with Crippen LogP contribution < -0.4 is 10.6 Å². The summed E-state index contributed by atoms with van der Waals surface area (Å²) in [6, 6.07) is 0.0556. The van der Waals surface area contributed by atoms with Crippen LogP contribution in [0.1, 0.15) is 67.3 Å². The zero-order valence-corrected chi connectivity index (χ0v) is 15.9. The van der Waals surface area contributed by atoms with Crippen LogP contribution in [0.25, 0.3) is 0 Å². The van der Waals surface area contributed by atoms with Crippen molar-refractivity contribution in [3.63, 3.8) is 0 Å². The first kappa shape index (κ1) is 19.4. The van der Waals surface area contributed by atoms with Gasteiger partial charge in [-0.1, -0.05) is 13.3 Å². The summed E-state index contributed by atoms with van der Waals surface area (Å²) in [4.78, 5) is 37.0. The molecule has 0 saturated carbocycles. The molecule has 2 amide bonds. The summed E-state index contributed by atoms with van der Waals surface area (Å²) in [6.45, 7) is 5.08. The number of carbonyl (C=O) groups excluding carboxylic acids is 3. The maximum atomic E-state index is 12.5. The van der Waals surface area contributed by atoms with Gasteiger partial charge in [-0.15, -0.1) is 11.3 Å². The Hall–Kier alpha value is -1.89. The van der Waals surface area contributed by atoms with Gasteiger partial charge in [0.2, 0.25) is 5.91 Å². The second kappa shape index (κ2) is 8.99. The SMILES string of the molecule is CCCC(C)NC(=O)COC(=O)c1c(NC(C)=O)sc2c1CCCC2. The molecule has 2 N–H and O–H groups in total. The third kappa shape index (κ3) is 5.29. The van der Waals surface area contributed by atoms with Crippen molar-refractivity contribution in [1.82, 2.24) is 5.32 Å². The second-order valence-electron chi connectivity index (χ2n) is 6.43. The number of fused-ring (bicyclic) bond motifs is 1. The topological polar surface area (TPSA) is 84.5 Å². The first-order chi connectivity index (χ1) is 11.9. The fraction of sp³-hybridized carbons (Fsp3) is 0.611. The maximum absolute atomic E-state index is 12.5. The van der Waals surface area contributed by atoms with Gasteiger partial charge in [-0.05, 0) is 44.6 Å². The monoisotopic (exact) mass is 366 g/mol. The predicted molar refractivity (Wildman–Crippen MR) is 98.1 cm³/mol. The van der Waals surface area contributed by atoms with Gasteiger partial charge in [0.1, 0.15) is 5.00 Å². The van der Waals surface area contributed by atoms with Gasteiger partial charge >= 0.3 is 5.97 Å². The van der Waals surface area contributed by atoms with Crippen LogP contribution in [0.2, 0.25) is 0 Å². The summed E-state index contributed by atoms with van der Waals surface area (Å²) in [5.74, 6) is -1.07. The molecule has 1 unspecified atom stereocenters. The van der Waals surface area contributed by atoms with Crippen molar-refractivity contribution in [2.24, 2.45) is 0 Å². The Kier molecular flexibility index (Phi) is 6.99. The van der Waals surface area contributed by atoms with E-state index in [2.05, 4.69) is 10.6 Å². The van der Waals surface area contributed by atoms with E-state index < -0.39 is 5.97 Å². The first-order valence-electron chi connectivity index (χ1n) is 8.81. The Bertz CT molecular complexity index is 654. The molecule has 25 heavy (non-hydrogen) atoms. The Morgan fingerprint density at radius 3 is 2.64 bits per heavy atom. The van der Waals surface area contributed by atoms with Crippen LogP contribution in [0.5, 0.6) is 0 Å². The fourth-order valence-corrected chi connectivity index (χ4v) is 4.38. The summed E-state index contributed by atoms with van der Waals surface area (Å²) in [7, 11) is 0. The minimum Gasteiger partial charge on any atom is -0.452 e. The molecule has 1 aromatic rings. The average Bonchev–Trinajstić information content (AvgIpc) is 2.89. The lowest BCUT2D eigenvalue weighted by Crippen LogP contribution is -2.35. The van der Waals surface area contributed by atoms with E-state index in [4.69, 9.17) is 4.74 Å². The van der Waals surface area contributed by atoms with Crippen LogP contribution in [-0.2, 0) is 27.2 Å². The fourth-order valence-electron chi connectivity index (χ4n) is 3.05. The lowest BCUT2D eigenvalue weighted by molar-refractivity contribution is -0.124.